The SMILES string of the molecule is CC(C)(CN)C(=O)c1cnc(C(F)(F)F)s1. The van der Waals surface area contributed by atoms with Crippen LogP contribution in [0.3, 0.4) is 0 Å². The summed E-state index contributed by atoms with van der Waals surface area (Å²) < 4.78 is 36.8. The fraction of sp³-hybridized carbons (Fsp3) is 0.556. The van der Waals surface area contributed by atoms with E-state index in [1.807, 2.05) is 0 Å². The van der Waals surface area contributed by atoms with Gasteiger partial charge in [-0.3, -0.25) is 4.79 Å². The predicted molar refractivity (Wildman–Crippen MR) is 54.3 cm³/mol. The molecule has 1 heterocycles. The number of rotatable bonds is 3. The number of halogens is 3. The third kappa shape index (κ3) is 2.59. The molecule has 0 aliphatic rings. The van der Waals surface area contributed by atoms with Gasteiger partial charge < -0.3 is 5.73 Å². The molecule has 1 rings (SSSR count). The van der Waals surface area contributed by atoms with E-state index in [0.29, 0.717) is 11.3 Å². The molecule has 0 aromatic carbocycles. The summed E-state index contributed by atoms with van der Waals surface area (Å²) in [5, 5.41) is -1.01. The fourth-order valence-corrected chi connectivity index (χ4v) is 1.84. The van der Waals surface area contributed by atoms with E-state index in [4.69, 9.17) is 5.73 Å². The first kappa shape index (κ1) is 13.1. The van der Waals surface area contributed by atoms with Gasteiger partial charge >= 0.3 is 6.18 Å². The lowest BCUT2D eigenvalue weighted by Gasteiger charge is -2.18. The lowest BCUT2D eigenvalue weighted by atomic mass is 9.88. The first-order valence-corrected chi connectivity index (χ1v) is 5.28. The molecule has 90 valence electrons. The molecule has 7 heteroatoms. The Morgan fingerprint density at radius 2 is 2.06 bits per heavy atom. The van der Waals surface area contributed by atoms with E-state index in [2.05, 4.69) is 4.98 Å². The number of alkyl halides is 3. The van der Waals surface area contributed by atoms with Crippen molar-refractivity contribution >= 4 is 17.1 Å². The van der Waals surface area contributed by atoms with Crippen LogP contribution in [-0.2, 0) is 6.18 Å². The Kier molecular flexibility index (Phi) is 3.39. The van der Waals surface area contributed by atoms with Crippen molar-refractivity contribution in [2.24, 2.45) is 11.1 Å². The number of carbonyl (C=O) groups excluding carboxylic acids is 1. The lowest BCUT2D eigenvalue weighted by Crippen LogP contribution is -2.32. The molecule has 2 N–H and O–H groups in total. The molecule has 0 aliphatic carbocycles. The van der Waals surface area contributed by atoms with E-state index in [0.717, 1.165) is 6.20 Å². The highest BCUT2D eigenvalue weighted by Gasteiger charge is 2.37. The molecule has 0 bridgehead atoms. The van der Waals surface area contributed by atoms with Gasteiger partial charge in [0.1, 0.15) is 0 Å². The normalized spacial score (nSPS) is 12.9. The molecule has 0 atom stereocenters. The van der Waals surface area contributed by atoms with Gasteiger partial charge in [0.2, 0.25) is 0 Å². The standard InChI is InChI=1S/C9H11F3N2OS/c1-8(2,4-13)6(15)5-3-14-7(16-5)9(10,11)12/h3H,4,13H2,1-2H3. The number of thiazole rings is 1. The average Bonchev–Trinajstić information content (AvgIpc) is 2.64. The zero-order valence-electron chi connectivity index (χ0n) is 8.76. The minimum atomic E-state index is -4.50. The summed E-state index contributed by atoms with van der Waals surface area (Å²) in [5.74, 6) is -0.414. The van der Waals surface area contributed by atoms with Crippen molar-refractivity contribution in [1.29, 1.82) is 0 Å². The van der Waals surface area contributed by atoms with Gasteiger partial charge in [0.05, 0.1) is 4.88 Å². The van der Waals surface area contributed by atoms with E-state index in [9.17, 15) is 18.0 Å². The number of nitrogens with two attached hydrogens (primary N) is 1. The van der Waals surface area contributed by atoms with Crippen LogP contribution in [-0.4, -0.2) is 17.3 Å². The van der Waals surface area contributed by atoms with Crippen LogP contribution in [0.5, 0.6) is 0 Å². The Labute approximate surface area is 94.5 Å². The molecule has 0 fully saturated rings. The van der Waals surface area contributed by atoms with Gasteiger partial charge in [-0.2, -0.15) is 13.2 Å². The molecule has 1 aromatic heterocycles. The number of hydrogen-bond acceptors (Lipinski definition) is 4. The van der Waals surface area contributed by atoms with Gasteiger partial charge in [0, 0.05) is 18.2 Å². The van der Waals surface area contributed by atoms with Gasteiger partial charge in [-0.15, -0.1) is 11.3 Å². The second-order valence-electron chi connectivity index (χ2n) is 3.94. The summed E-state index contributed by atoms with van der Waals surface area (Å²) in [6.07, 6.45) is -3.55. The van der Waals surface area contributed by atoms with Gasteiger partial charge in [-0.05, 0) is 0 Å². The molecule has 3 nitrogen and oxygen atoms in total. The number of aromatic nitrogens is 1. The molecule has 0 aliphatic heterocycles. The maximum Gasteiger partial charge on any atom is 0.443 e. The van der Waals surface area contributed by atoms with Gasteiger partial charge in [0.15, 0.2) is 10.8 Å². The first-order valence-electron chi connectivity index (χ1n) is 4.46. The second-order valence-corrected chi connectivity index (χ2v) is 4.98. The minimum absolute atomic E-state index is 0.0113. The van der Waals surface area contributed by atoms with Crippen LogP contribution in [0.2, 0.25) is 0 Å². The van der Waals surface area contributed by atoms with Crippen LogP contribution in [0.15, 0.2) is 6.20 Å². The van der Waals surface area contributed by atoms with Crippen LogP contribution >= 0.6 is 11.3 Å². The Morgan fingerprint density at radius 3 is 2.44 bits per heavy atom. The zero-order chi connectivity index (χ0) is 12.6. The summed E-state index contributed by atoms with van der Waals surface area (Å²) in [7, 11) is 0. The van der Waals surface area contributed by atoms with Crippen molar-refractivity contribution in [2.45, 2.75) is 20.0 Å². The van der Waals surface area contributed by atoms with Crippen molar-refractivity contribution in [2.75, 3.05) is 6.54 Å². The Morgan fingerprint density at radius 1 is 1.50 bits per heavy atom. The maximum atomic E-state index is 12.3. The van der Waals surface area contributed by atoms with Crippen LogP contribution in [0.25, 0.3) is 0 Å². The third-order valence-corrected chi connectivity index (χ3v) is 3.14. The highest BCUT2D eigenvalue weighted by molar-refractivity contribution is 7.13. The summed E-state index contributed by atoms with van der Waals surface area (Å²) in [6, 6.07) is 0. The van der Waals surface area contributed by atoms with Crippen molar-refractivity contribution in [3.05, 3.63) is 16.1 Å². The molecule has 0 spiro atoms. The molecular formula is C9H11F3N2OS. The average molecular weight is 252 g/mol. The van der Waals surface area contributed by atoms with E-state index < -0.39 is 22.4 Å². The first-order chi connectivity index (χ1) is 7.18. The highest BCUT2D eigenvalue weighted by Crippen LogP contribution is 2.34. The number of Topliss-reactive ketones (excluding diaryl/α,β-unsaturated/α-hetero) is 1. The van der Waals surface area contributed by atoms with E-state index in [1.165, 1.54) is 0 Å². The lowest BCUT2D eigenvalue weighted by molar-refractivity contribution is -0.137. The summed E-state index contributed by atoms with van der Waals surface area (Å²) in [6.45, 7) is 3.25. The largest absolute Gasteiger partial charge is 0.443 e. The van der Waals surface area contributed by atoms with Crippen molar-refractivity contribution in [3.8, 4) is 0 Å². The fourth-order valence-electron chi connectivity index (χ4n) is 0.936. The third-order valence-electron chi connectivity index (χ3n) is 2.10. The Hall–Kier alpha value is -0.950. The number of carbonyl (C=O) groups is 1. The molecule has 1 aromatic rings. The maximum absolute atomic E-state index is 12.3. The van der Waals surface area contributed by atoms with Gasteiger partial charge in [-0.1, -0.05) is 13.8 Å². The van der Waals surface area contributed by atoms with Crippen LogP contribution in [0, 0.1) is 5.41 Å². The number of hydrogen-bond donors (Lipinski definition) is 1. The van der Waals surface area contributed by atoms with Crippen molar-refractivity contribution < 1.29 is 18.0 Å². The predicted octanol–water partition coefficient (Wildman–Crippen LogP) is 2.33. The summed E-state index contributed by atoms with van der Waals surface area (Å²) >= 11 is 0.349. The Bertz CT molecular complexity index is 398. The van der Waals surface area contributed by atoms with Crippen LogP contribution < -0.4 is 5.73 Å². The molecule has 0 saturated carbocycles. The van der Waals surface area contributed by atoms with Crippen molar-refractivity contribution in [3.63, 3.8) is 0 Å². The Balaban J connectivity index is 3.00. The number of ketones is 1. The van der Waals surface area contributed by atoms with Gasteiger partial charge in [0.25, 0.3) is 0 Å². The molecular weight excluding hydrogens is 241 g/mol. The molecule has 0 saturated heterocycles. The topological polar surface area (TPSA) is 56.0 Å². The highest BCUT2D eigenvalue weighted by atomic mass is 32.1. The van der Waals surface area contributed by atoms with E-state index in [-0.39, 0.29) is 11.4 Å². The van der Waals surface area contributed by atoms with E-state index in [1.54, 1.807) is 13.8 Å². The monoisotopic (exact) mass is 252 g/mol. The minimum Gasteiger partial charge on any atom is -0.329 e. The molecule has 0 radical (unpaired) electrons. The molecule has 0 unspecified atom stereocenters. The summed E-state index contributed by atoms with van der Waals surface area (Å²) in [4.78, 5) is 14.9. The second kappa shape index (κ2) is 4.14. The van der Waals surface area contributed by atoms with E-state index >= 15 is 0 Å². The smallest absolute Gasteiger partial charge is 0.329 e. The zero-order valence-corrected chi connectivity index (χ0v) is 9.58. The molecule has 16 heavy (non-hydrogen) atoms. The summed E-state index contributed by atoms with van der Waals surface area (Å²) in [5.41, 5.74) is 4.51. The van der Waals surface area contributed by atoms with Crippen molar-refractivity contribution in [1.82, 2.24) is 4.98 Å². The molecule has 0 amide bonds. The van der Waals surface area contributed by atoms with Gasteiger partial charge in [-0.25, -0.2) is 4.98 Å². The number of nitrogens with zero attached hydrogens (tertiary/aromatic N) is 1. The van der Waals surface area contributed by atoms with Crippen LogP contribution in [0.4, 0.5) is 13.2 Å². The van der Waals surface area contributed by atoms with Crippen LogP contribution in [0.1, 0.15) is 28.5 Å². The quantitative estimate of drug-likeness (QED) is 0.840.